The third-order valence-electron chi connectivity index (χ3n) is 5.76. The van der Waals surface area contributed by atoms with Gasteiger partial charge in [-0.15, -0.1) is 10.2 Å². The molecule has 0 bridgehead atoms. The highest BCUT2D eigenvalue weighted by atomic mass is 35.5. The Balaban J connectivity index is 1.47. The summed E-state index contributed by atoms with van der Waals surface area (Å²) in [6.45, 7) is 1.71. The van der Waals surface area contributed by atoms with Gasteiger partial charge >= 0.3 is 0 Å². The van der Waals surface area contributed by atoms with Crippen LogP contribution >= 0.6 is 11.6 Å². The second-order valence-corrected chi connectivity index (χ2v) is 7.94. The van der Waals surface area contributed by atoms with Crippen molar-refractivity contribution >= 4 is 28.4 Å². The number of benzene rings is 1. The van der Waals surface area contributed by atoms with Crippen molar-refractivity contribution in [1.82, 2.24) is 24.6 Å². The molecular weight excluding hydrogens is 362 g/mol. The van der Waals surface area contributed by atoms with E-state index in [0.29, 0.717) is 10.7 Å². The van der Waals surface area contributed by atoms with E-state index in [1.54, 1.807) is 0 Å². The van der Waals surface area contributed by atoms with Gasteiger partial charge in [0.05, 0.1) is 6.04 Å². The van der Waals surface area contributed by atoms with E-state index in [0.717, 1.165) is 61.3 Å². The summed E-state index contributed by atoms with van der Waals surface area (Å²) in [5.74, 6) is 2.05. The number of likely N-dealkylation sites (tertiary alicyclic amines) is 1. The molecule has 0 saturated carbocycles. The van der Waals surface area contributed by atoms with Crippen LogP contribution in [-0.4, -0.2) is 37.1 Å². The fourth-order valence-electron chi connectivity index (χ4n) is 4.40. The second-order valence-electron chi connectivity index (χ2n) is 7.51. The van der Waals surface area contributed by atoms with Gasteiger partial charge < -0.3 is 14.5 Å². The number of rotatable bonds is 2. The van der Waals surface area contributed by atoms with Gasteiger partial charge in [-0.25, -0.2) is 0 Å². The van der Waals surface area contributed by atoms with Crippen molar-refractivity contribution in [1.29, 1.82) is 0 Å². The molecule has 2 aliphatic heterocycles. The molecule has 1 fully saturated rings. The van der Waals surface area contributed by atoms with E-state index in [1.807, 2.05) is 29.2 Å². The van der Waals surface area contributed by atoms with Crippen LogP contribution in [0.1, 0.15) is 60.3 Å². The number of carbonyl (C=O) groups is 1. The zero-order valence-corrected chi connectivity index (χ0v) is 15.9. The van der Waals surface area contributed by atoms with Gasteiger partial charge in [0.1, 0.15) is 11.5 Å². The minimum atomic E-state index is 0.00634. The largest absolute Gasteiger partial charge is 0.350 e. The molecule has 1 N–H and O–H groups in total. The molecule has 5 rings (SSSR count). The third kappa shape index (κ3) is 2.92. The van der Waals surface area contributed by atoms with E-state index in [-0.39, 0.29) is 11.9 Å². The van der Waals surface area contributed by atoms with Crippen molar-refractivity contribution in [3.63, 3.8) is 0 Å². The molecule has 1 saturated heterocycles. The number of H-pyrrole nitrogens is 1. The van der Waals surface area contributed by atoms with Crippen LogP contribution in [0.25, 0.3) is 10.9 Å². The van der Waals surface area contributed by atoms with Crippen LogP contribution in [0.5, 0.6) is 0 Å². The zero-order chi connectivity index (χ0) is 18.4. The number of halogens is 1. The third-order valence-corrected chi connectivity index (χ3v) is 6.00. The minimum absolute atomic E-state index is 0.00634. The summed E-state index contributed by atoms with van der Waals surface area (Å²) in [4.78, 5) is 18.4. The van der Waals surface area contributed by atoms with Gasteiger partial charge in [0.2, 0.25) is 0 Å². The van der Waals surface area contributed by atoms with Crippen LogP contribution in [0.2, 0.25) is 5.02 Å². The molecule has 1 amide bonds. The molecule has 4 heterocycles. The average Bonchev–Trinajstić information content (AvgIpc) is 3.35. The summed E-state index contributed by atoms with van der Waals surface area (Å²) >= 11 is 6.07. The van der Waals surface area contributed by atoms with Crippen LogP contribution in [0.3, 0.4) is 0 Å². The Morgan fingerprint density at radius 1 is 1.11 bits per heavy atom. The average molecular weight is 384 g/mol. The van der Waals surface area contributed by atoms with Crippen molar-refractivity contribution < 1.29 is 4.79 Å². The van der Waals surface area contributed by atoms with Gasteiger partial charge in [-0.1, -0.05) is 24.1 Å². The van der Waals surface area contributed by atoms with Crippen molar-refractivity contribution in [3.8, 4) is 0 Å². The van der Waals surface area contributed by atoms with Crippen LogP contribution in [-0.2, 0) is 13.0 Å². The second kappa shape index (κ2) is 6.68. The Morgan fingerprint density at radius 2 is 2.04 bits per heavy atom. The van der Waals surface area contributed by atoms with Crippen molar-refractivity contribution in [2.45, 2.75) is 51.1 Å². The molecule has 2 aromatic heterocycles. The quantitative estimate of drug-likeness (QED) is 0.723. The lowest BCUT2D eigenvalue weighted by atomic mass is 10.2. The van der Waals surface area contributed by atoms with Crippen molar-refractivity contribution in [3.05, 3.63) is 46.6 Å². The first kappa shape index (κ1) is 16.8. The summed E-state index contributed by atoms with van der Waals surface area (Å²) in [6, 6.07) is 7.55. The summed E-state index contributed by atoms with van der Waals surface area (Å²) in [6.07, 6.45) is 6.47. The predicted octanol–water partition coefficient (Wildman–Crippen LogP) is 4.12. The number of fused-ring (bicyclic) bond motifs is 2. The number of carbonyl (C=O) groups excluding carboxylic acids is 1. The van der Waals surface area contributed by atoms with E-state index in [1.165, 1.54) is 12.8 Å². The maximum atomic E-state index is 13.2. The highest BCUT2D eigenvalue weighted by Gasteiger charge is 2.35. The number of amides is 1. The molecule has 1 aromatic carbocycles. The van der Waals surface area contributed by atoms with Crippen LogP contribution in [0.4, 0.5) is 0 Å². The molecule has 6 nitrogen and oxygen atoms in total. The maximum Gasteiger partial charge on any atom is 0.270 e. The lowest BCUT2D eigenvalue weighted by molar-refractivity contribution is 0.0722. The molecule has 1 unspecified atom stereocenters. The maximum absolute atomic E-state index is 13.2. The zero-order valence-electron chi connectivity index (χ0n) is 15.1. The first-order chi connectivity index (χ1) is 13.2. The first-order valence-electron chi connectivity index (χ1n) is 9.72. The number of aryl methyl sites for hydroxylation is 1. The molecular formula is C20H22ClN5O. The van der Waals surface area contributed by atoms with Crippen LogP contribution in [0, 0.1) is 0 Å². The summed E-state index contributed by atoms with van der Waals surface area (Å²) < 4.78 is 2.26. The van der Waals surface area contributed by atoms with E-state index < -0.39 is 0 Å². The van der Waals surface area contributed by atoms with E-state index in [2.05, 4.69) is 19.7 Å². The van der Waals surface area contributed by atoms with E-state index in [9.17, 15) is 4.79 Å². The van der Waals surface area contributed by atoms with Gasteiger partial charge in [0, 0.05) is 35.4 Å². The van der Waals surface area contributed by atoms with E-state index in [4.69, 9.17) is 11.6 Å². The van der Waals surface area contributed by atoms with Gasteiger partial charge in [0.25, 0.3) is 5.91 Å². The van der Waals surface area contributed by atoms with Crippen LogP contribution < -0.4 is 0 Å². The highest BCUT2D eigenvalue weighted by Crippen LogP contribution is 2.34. The molecule has 0 radical (unpaired) electrons. The summed E-state index contributed by atoms with van der Waals surface area (Å²) in [5, 5.41) is 10.6. The van der Waals surface area contributed by atoms with Gasteiger partial charge in [-0.3, -0.25) is 4.79 Å². The van der Waals surface area contributed by atoms with Gasteiger partial charge in [0.15, 0.2) is 5.82 Å². The number of aromatic amines is 1. The SMILES string of the molecule is O=C(c1cc2ccc(Cl)cc2[nH]1)N1CCCC1c1nnc2n1CCCCC2. The Labute approximate surface area is 162 Å². The molecule has 27 heavy (non-hydrogen) atoms. The summed E-state index contributed by atoms with van der Waals surface area (Å²) in [5.41, 5.74) is 1.49. The van der Waals surface area contributed by atoms with Crippen molar-refractivity contribution in [2.24, 2.45) is 0 Å². The molecule has 3 aromatic rings. The fraction of sp³-hybridized carbons (Fsp3) is 0.450. The number of aromatic nitrogens is 4. The Kier molecular flexibility index (Phi) is 4.16. The normalized spacial score (nSPS) is 20.0. The standard InChI is InChI=1S/C20H22ClN5O/c21-14-8-7-13-11-16(22-15(13)12-14)20(27)25-10-4-5-17(25)19-24-23-18-6-2-1-3-9-26(18)19/h7-8,11-12,17,22H,1-6,9-10H2. The summed E-state index contributed by atoms with van der Waals surface area (Å²) in [7, 11) is 0. The van der Waals surface area contributed by atoms with E-state index >= 15 is 0 Å². The number of hydrogen-bond acceptors (Lipinski definition) is 3. The van der Waals surface area contributed by atoms with Gasteiger partial charge in [-0.2, -0.15) is 0 Å². The monoisotopic (exact) mass is 383 g/mol. The number of nitrogens with zero attached hydrogens (tertiary/aromatic N) is 4. The Morgan fingerprint density at radius 3 is 2.96 bits per heavy atom. The highest BCUT2D eigenvalue weighted by molar-refractivity contribution is 6.31. The van der Waals surface area contributed by atoms with Crippen molar-refractivity contribution in [2.75, 3.05) is 6.54 Å². The smallest absolute Gasteiger partial charge is 0.270 e. The molecule has 1 atom stereocenters. The molecule has 7 heteroatoms. The lowest BCUT2D eigenvalue weighted by Crippen LogP contribution is -2.32. The topological polar surface area (TPSA) is 66.8 Å². The Bertz CT molecular complexity index is 1010. The first-order valence-corrected chi connectivity index (χ1v) is 10.1. The molecule has 0 aliphatic carbocycles. The van der Waals surface area contributed by atoms with Gasteiger partial charge in [-0.05, 0) is 43.9 Å². The molecule has 0 spiro atoms. The van der Waals surface area contributed by atoms with Crippen LogP contribution in [0.15, 0.2) is 24.3 Å². The lowest BCUT2D eigenvalue weighted by Gasteiger charge is -2.24. The number of hydrogen-bond donors (Lipinski definition) is 1. The Hall–Kier alpha value is -2.34. The molecule has 2 aliphatic rings. The fourth-order valence-corrected chi connectivity index (χ4v) is 4.57. The number of nitrogens with one attached hydrogen (secondary N) is 1. The predicted molar refractivity (Wildman–Crippen MR) is 104 cm³/mol. The minimum Gasteiger partial charge on any atom is -0.350 e. The molecule has 140 valence electrons.